The topological polar surface area (TPSA) is 241 Å². The first kappa shape index (κ1) is 45.0. The number of hydrogen-bond donors (Lipinski definition) is 5. The molecule has 64 heavy (non-hydrogen) atoms. The summed E-state index contributed by atoms with van der Waals surface area (Å²) in [5.41, 5.74) is 10.9. The molecule has 4 aromatic carbocycles. The Morgan fingerprint density at radius 1 is 0.906 bits per heavy atom. The highest BCUT2D eigenvalue weighted by atomic mass is 19.4. The molecule has 0 saturated heterocycles. The van der Waals surface area contributed by atoms with E-state index in [1.54, 1.807) is 31.3 Å². The quantitative estimate of drug-likeness (QED) is 0.0724. The average Bonchev–Trinajstić information content (AvgIpc) is 3.86. The van der Waals surface area contributed by atoms with Crippen LogP contribution in [-0.2, 0) is 24.6 Å². The van der Waals surface area contributed by atoms with Crippen LogP contribution < -0.4 is 41.9 Å². The van der Waals surface area contributed by atoms with E-state index in [-0.39, 0.29) is 69.5 Å². The van der Waals surface area contributed by atoms with Gasteiger partial charge in [0, 0.05) is 60.0 Å². The molecule has 7 N–H and O–H groups in total. The van der Waals surface area contributed by atoms with Gasteiger partial charge in [0.2, 0.25) is 0 Å². The molecule has 7 aromatic rings. The number of hydrogen-bond acceptors (Lipinski definition) is 11. The molecule has 7 rings (SSSR count). The number of anilines is 2. The van der Waals surface area contributed by atoms with Gasteiger partial charge in [0.05, 0.1) is 37.2 Å². The van der Waals surface area contributed by atoms with Gasteiger partial charge in [-0.15, -0.1) is 0 Å². The van der Waals surface area contributed by atoms with Crippen LogP contribution in [0.15, 0.2) is 102 Å². The van der Waals surface area contributed by atoms with Crippen LogP contribution in [0.3, 0.4) is 0 Å². The van der Waals surface area contributed by atoms with E-state index in [0.717, 1.165) is 17.8 Å². The molecule has 3 aromatic heterocycles. The van der Waals surface area contributed by atoms with Crippen molar-refractivity contribution in [3.8, 4) is 34.2 Å². The van der Waals surface area contributed by atoms with E-state index in [0.29, 0.717) is 22.2 Å². The summed E-state index contributed by atoms with van der Waals surface area (Å²) in [7, 11) is 4.38. The van der Waals surface area contributed by atoms with Crippen molar-refractivity contribution >= 4 is 46.3 Å². The fourth-order valence-electron chi connectivity index (χ4n) is 6.43. The maximum atomic E-state index is 14.1. The number of nitrogen functional groups attached to an aromatic ring is 1. The molecule has 0 fully saturated rings. The van der Waals surface area contributed by atoms with Crippen LogP contribution in [-0.4, -0.2) is 69.4 Å². The Morgan fingerprint density at radius 3 is 2.31 bits per heavy atom. The number of primary amides is 1. The number of benzene rings is 4. The molecule has 0 unspecified atom stereocenters. The van der Waals surface area contributed by atoms with E-state index in [4.69, 9.17) is 25.7 Å². The minimum atomic E-state index is -4.96. The molecule has 0 aliphatic carbocycles. The van der Waals surface area contributed by atoms with Crippen LogP contribution in [0.25, 0.3) is 27.7 Å². The number of rotatable bonds is 13. The third-order valence-electron chi connectivity index (χ3n) is 9.42. The molecule has 21 heteroatoms. The van der Waals surface area contributed by atoms with Crippen LogP contribution in [0.2, 0.25) is 0 Å². The third-order valence-corrected chi connectivity index (χ3v) is 9.42. The predicted molar refractivity (Wildman–Crippen MR) is 225 cm³/mol. The summed E-state index contributed by atoms with van der Waals surface area (Å²) in [6.45, 7) is -0.0504. The van der Waals surface area contributed by atoms with Crippen LogP contribution in [0.4, 0.5) is 29.1 Å². The Bertz CT molecular complexity index is 2950. The molecule has 0 atom stereocenters. The molecule has 0 aliphatic heterocycles. The van der Waals surface area contributed by atoms with E-state index in [1.165, 1.54) is 79.7 Å². The normalized spacial score (nSPS) is 11.0. The number of fused-ring (bicyclic) bond motifs is 1. The third kappa shape index (κ3) is 9.83. The highest BCUT2D eigenvalue weighted by Crippen LogP contribution is 2.36. The molecule has 3 amide bonds. The zero-order chi connectivity index (χ0) is 46.3. The van der Waals surface area contributed by atoms with Crippen molar-refractivity contribution in [2.24, 2.45) is 12.8 Å². The minimum Gasteiger partial charge on any atom is -0.497 e. The molecule has 0 saturated carbocycles. The number of ether oxygens (including phenoxy) is 3. The first-order chi connectivity index (χ1) is 30.5. The lowest BCUT2D eigenvalue weighted by atomic mass is 10.0. The van der Waals surface area contributed by atoms with Crippen LogP contribution in [0, 0.1) is 5.82 Å². The zero-order valence-corrected chi connectivity index (χ0v) is 34.0. The highest BCUT2D eigenvalue weighted by molar-refractivity contribution is 6.06. The number of methoxy groups -OCH3 is 2. The van der Waals surface area contributed by atoms with Gasteiger partial charge in [-0.25, -0.2) is 9.07 Å². The molecule has 0 spiro atoms. The predicted octanol–water partition coefficient (Wildman–Crippen LogP) is 5.42. The summed E-state index contributed by atoms with van der Waals surface area (Å²) in [4.78, 5) is 62.1. The summed E-state index contributed by atoms with van der Waals surface area (Å²) in [6, 6.07) is 20.6. The lowest BCUT2D eigenvalue weighted by Gasteiger charge is -2.15. The second kappa shape index (κ2) is 19.1. The number of nitrogens with zero attached hydrogens (tertiary/aromatic N) is 4. The van der Waals surface area contributed by atoms with Crippen molar-refractivity contribution in [2.45, 2.75) is 12.7 Å². The Hall–Kier alpha value is -8.49. The van der Waals surface area contributed by atoms with E-state index in [9.17, 15) is 41.5 Å². The Balaban J connectivity index is 0.000000216. The number of nitrogens with two attached hydrogens (primary N) is 2. The van der Waals surface area contributed by atoms with E-state index in [2.05, 4.69) is 25.8 Å². The molecule has 17 nitrogen and oxygen atoms in total. The SMILES string of the molecule is COc1cc(NC(=O)c2cnn(-c3cccc4c(=O)[nH]ccc34)c2C(F)(F)F)cc(OCC=O)c1.COc1ccc(F)cc1C(=O)NCc1ccc(-c2nn(C)c(N)c2C(N)=O)cc1. The summed E-state index contributed by atoms with van der Waals surface area (Å²) < 4.78 is 73.3. The van der Waals surface area contributed by atoms with Gasteiger partial charge in [-0.05, 0) is 42.0 Å². The number of aromatic amines is 1. The van der Waals surface area contributed by atoms with Gasteiger partial charge in [0.15, 0.2) is 12.0 Å². The second-order valence-corrected chi connectivity index (χ2v) is 13.5. The van der Waals surface area contributed by atoms with Crippen molar-refractivity contribution < 1.29 is 51.0 Å². The number of pyridine rings is 1. The Morgan fingerprint density at radius 2 is 1.64 bits per heavy atom. The number of halogens is 4. The number of alkyl halides is 3. The van der Waals surface area contributed by atoms with E-state index < -0.39 is 46.5 Å². The number of H-pyrrole nitrogens is 1. The lowest BCUT2D eigenvalue weighted by Crippen LogP contribution is -2.23. The van der Waals surface area contributed by atoms with Gasteiger partial charge in [-0.1, -0.05) is 30.3 Å². The van der Waals surface area contributed by atoms with Gasteiger partial charge < -0.3 is 41.3 Å². The largest absolute Gasteiger partial charge is 0.497 e. The van der Waals surface area contributed by atoms with Crippen LogP contribution >= 0.6 is 0 Å². The monoisotopic (exact) mass is 883 g/mol. The van der Waals surface area contributed by atoms with Crippen LogP contribution in [0.5, 0.6) is 17.2 Å². The number of carbonyl (C=O) groups is 4. The fourth-order valence-corrected chi connectivity index (χ4v) is 6.43. The first-order valence-corrected chi connectivity index (χ1v) is 18.7. The van der Waals surface area contributed by atoms with E-state index >= 15 is 0 Å². The van der Waals surface area contributed by atoms with Crippen molar-refractivity contribution in [2.75, 3.05) is 31.9 Å². The molecular formula is C43H37F4N9O8. The van der Waals surface area contributed by atoms with Crippen molar-refractivity contribution in [1.82, 2.24) is 29.9 Å². The Kier molecular flexibility index (Phi) is 13.4. The number of aromatic nitrogens is 5. The van der Waals surface area contributed by atoms with Crippen molar-refractivity contribution in [1.29, 1.82) is 0 Å². The smallest absolute Gasteiger partial charge is 0.434 e. The van der Waals surface area contributed by atoms with Crippen LogP contribution in [0.1, 0.15) is 42.3 Å². The maximum Gasteiger partial charge on any atom is 0.434 e. The second-order valence-electron chi connectivity index (χ2n) is 13.5. The van der Waals surface area contributed by atoms with Gasteiger partial charge >= 0.3 is 6.18 Å². The first-order valence-electron chi connectivity index (χ1n) is 18.7. The molecule has 0 aliphatic rings. The van der Waals surface area contributed by atoms with Crippen molar-refractivity contribution in [3.63, 3.8) is 0 Å². The maximum absolute atomic E-state index is 14.1. The molecule has 0 bridgehead atoms. The van der Waals surface area contributed by atoms with Gasteiger partial charge in [-0.3, -0.25) is 28.7 Å². The number of aryl methyl sites for hydroxylation is 1. The van der Waals surface area contributed by atoms with Gasteiger partial charge in [0.25, 0.3) is 23.3 Å². The number of aldehydes is 1. The summed E-state index contributed by atoms with van der Waals surface area (Å²) >= 11 is 0. The number of carbonyl (C=O) groups excluding carboxylic acids is 4. The summed E-state index contributed by atoms with van der Waals surface area (Å²) in [5, 5.41) is 13.6. The lowest BCUT2D eigenvalue weighted by molar-refractivity contribution is -0.143. The van der Waals surface area contributed by atoms with Crippen molar-refractivity contribution in [3.05, 3.63) is 141 Å². The zero-order valence-electron chi connectivity index (χ0n) is 34.0. The molecule has 3 heterocycles. The Labute approximate surface area is 359 Å². The summed E-state index contributed by atoms with van der Waals surface area (Å²) in [6.07, 6.45) is -2.33. The van der Waals surface area contributed by atoms with E-state index in [1.807, 2.05) is 0 Å². The number of amides is 3. The fraction of sp³-hybridized carbons (Fsp3) is 0.140. The van der Waals surface area contributed by atoms with Gasteiger partial charge in [0.1, 0.15) is 46.7 Å². The molecular weight excluding hydrogens is 847 g/mol. The van der Waals surface area contributed by atoms with Gasteiger partial charge in [-0.2, -0.15) is 23.4 Å². The summed E-state index contributed by atoms with van der Waals surface area (Å²) in [5.74, 6) is -1.85. The average molecular weight is 884 g/mol. The highest BCUT2D eigenvalue weighted by Gasteiger charge is 2.41. The number of nitrogens with one attached hydrogen (secondary N) is 3. The molecule has 330 valence electrons. The standard InChI is InChI=1S/C23H17F3N4O5.C20H20FN5O3/c1-34-14-9-13(10-15(11-14)35-8-7-31)29-22(33)18-12-28-30(20(18)23(24,25)26)19-4-2-3-17-16(19)5-6-27-21(17)32;1-26-18(22)16(19(23)27)17(25-26)12-5-3-11(4-6-12)10-24-20(28)14-9-13(21)7-8-15(14)29-2/h2-7,9-12H,8H2,1H3,(H,27,32)(H,29,33);3-9H,10,22H2,1-2H3,(H2,23,27)(H,24,28). The minimum absolute atomic E-state index is 0.0223. The molecule has 0 radical (unpaired) electrons.